The van der Waals surface area contributed by atoms with Gasteiger partial charge in [0.1, 0.15) is 0 Å². The maximum Gasteiger partial charge on any atom is 0.222 e. The van der Waals surface area contributed by atoms with Crippen molar-refractivity contribution in [2.45, 2.75) is 77.2 Å². The fourth-order valence-corrected chi connectivity index (χ4v) is 3.82. The lowest BCUT2D eigenvalue weighted by atomic mass is 10.1. The minimum Gasteiger partial charge on any atom is -0.381 e. The van der Waals surface area contributed by atoms with E-state index in [2.05, 4.69) is 48.5 Å². The number of fused-ring (bicyclic) bond motifs is 1. The van der Waals surface area contributed by atoms with E-state index in [-0.39, 0.29) is 5.91 Å². The topological polar surface area (TPSA) is 45.3 Å². The highest BCUT2D eigenvalue weighted by molar-refractivity contribution is 5.83. The van der Waals surface area contributed by atoms with Gasteiger partial charge in [-0.2, -0.15) is 0 Å². The Bertz CT molecular complexity index is 765. The average molecular weight is 413 g/mol. The van der Waals surface area contributed by atoms with E-state index in [1.54, 1.807) is 7.11 Å². The molecule has 1 atom stereocenters. The zero-order valence-electron chi connectivity index (χ0n) is 19.2. The molecule has 4 heteroatoms. The van der Waals surface area contributed by atoms with Crippen molar-refractivity contribution in [1.82, 2.24) is 9.88 Å². The van der Waals surface area contributed by atoms with Crippen LogP contribution in [-0.2, 0) is 16.0 Å². The molecule has 30 heavy (non-hydrogen) atoms. The lowest BCUT2D eigenvalue weighted by Gasteiger charge is -2.16. The summed E-state index contributed by atoms with van der Waals surface area (Å²) in [5, 5.41) is 1.25. The van der Waals surface area contributed by atoms with E-state index < -0.39 is 0 Å². The molecule has 0 fully saturated rings. The largest absolute Gasteiger partial charge is 0.381 e. The van der Waals surface area contributed by atoms with Gasteiger partial charge in [0.05, 0.1) is 6.10 Å². The van der Waals surface area contributed by atoms with Crippen molar-refractivity contribution in [1.29, 1.82) is 0 Å². The number of para-hydroxylation sites is 1. The van der Waals surface area contributed by atoms with Crippen LogP contribution >= 0.6 is 0 Å². The highest BCUT2D eigenvalue weighted by Gasteiger charge is 2.10. The number of aromatic nitrogens is 1. The van der Waals surface area contributed by atoms with E-state index in [1.807, 2.05) is 18.0 Å². The first-order valence-corrected chi connectivity index (χ1v) is 11.6. The maximum atomic E-state index is 12.4. The molecule has 0 saturated heterocycles. The maximum absolute atomic E-state index is 12.4. The number of carbonyl (C=O) groups excluding carboxylic acids is 1. The zero-order valence-corrected chi connectivity index (χ0v) is 19.2. The number of methoxy groups -OCH3 is 1. The monoisotopic (exact) mass is 412 g/mol. The first-order chi connectivity index (χ1) is 14.7. The minimum absolute atomic E-state index is 0.207. The third-order valence-electron chi connectivity index (χ3n) is 5.87. The molecular weight excluding hydrogens is 372 g/mol. The number of rotatable bonds is 15. The van der Waals surface area contributed by atoms with Crippen LogP contribution in [0.1, 0.15) is 70.3 Å². The number of ether oxygens (including phenoxy) is 1. The number of nitrogens with one attached hydrogen (secondary N) is 1. The molecule has 2 aromatic rings. The van der Waals surface area contributed by atoms with E-state index in [4.69, 9.17) is 4.74 Å². The highest BCUT2D eigenvalue weighted by Crippen LogP contribution is 2.18. The van der Waals surface area contributed by atoms with E-state index >= 15 is 0 Å². The number of carbonyl (C=O) groups is 1. The lowest BCUT2D eigenvalue weighted by Crippen LogP contribution is -2.28. The van der Waals surface area contributed by atoms with Crippen molar-refractivity contribution in [3.63, 3.8) is 0 Å². The Morgan fingerprint density at radius 1 is 1.17 bits per heavy atom. The number of allylic oxidation sites excluding steroid dienone is 1. The molecule has 166 valence electrons. The third-order valence-corrected chi connectivity index (χ3v) is 5.87. The number of likely N-dealkylation sites (N-methyl/N-ethyl adjacent to an activating group) is 1. The zero-order chi connectivity index (χ0) is 21.6. The normalized spacial score (nSPS) is 12.6. The summed E-state index contributed by atoms with van der Waals surface area (Å²) in [5.41, 5.74) is 2.42. The van der Waals surface area contributed by atoms with Crippen molar-refractivity contribution >= 4 is 16.8 Å². The third kappa shape index (κ3) is 8.35. The molecule has 1 amide bonds. The SMILES string of the molecule is CCCCCCC[C@H](C/C=C/CCC(=O)N(C)CCc1c[nH]c2ccccc12)OC. The van der Waals surface area contributed by atoms with Crippen molar-refractivity contribution in [2.24, 2.45) is 0 Å². The van der Waals surface area contributed by atoms with Gasteiger partial charge in [-0.3, -0.25) is 4.79 Å². The summed E-state index contributed by atoms with van der Waals surface area (Å²) in [7, 11) is 3.71. The van der Waals surface area contributed by atoms with Crippen molar-refractivity contribution in [2.75, 3.05) is 20.7 Å². The Balaban J connectivity index is 1.62. The molecule has 0 saturated carbocycles. The Hall–Kier alpha value is -2.07. The molecule has 2 rings (SSSR count). The average Bonchev–Trinajstić information content (AvgIpc) is 3.18. The van der Waals surface area contributed by atoms with Crippen LogP contribution in [0, 0.1) is 0 Å². The van der Waals surface area contributed by atoms with Crippen LogP contribution in [0.15, 0.2) is 42.6 Å². The van der Waals surface area contributed by atoms with Gasteiger partial charge in [0.2, 0.25) is 5.91 Å². The molecular formula is C26H40N2O2. The summed E-state index contributed by atoms with van der Waals surface area (Å²) < 4.78 is 5.59. The summed E-state index contributed by atoms with van der Waals surface area (Å²) in [5.74, 6) is 0.207. The van der Waals surface area contributed by atoms with Crippen LogP contribution in [0.4, 0.5) is 0 Å². The molecule has 0 unspecified atom stereocenters. The van der Waals surface area contributed by atoms with Gasteiger partial charge >= 0.3 is 0 Å². The van der Waals surface area contributed by atoms with E-state index in [1.165, 1.54) is 43.1 Å². The van der Waals surface area contributed by atoms with Gasteiger partial charge in [0.25, 0.3) is 0 Å². The van der Waals surface area contributed by atoms with Gasteiger partial charge in [0, 0.05) is 44.2 Å². The summed E-state index contributed by atoms with van der Waals surface area (Å²) in [6, 6.07) is 8.31. The molecule has 4 nitrogen and oxygen atoms in total. The number of amides is 1. The molecule has 0 aliphatic rings. The van der Waals surface area contributed by atoms with Crippen molar-refractivity contribution in [3.05, 3.63) is 48.2 Å². The molecule has 0 aliphatic heterocycles. The number of benzene rings is 1. The van der Waals surface area contributed by atoms with E-state index in [0.717, 1.165) is 37.7 Å². The standard InChI is InChI=1S/C26H40N2O2/c1-4-5-6-7-9-14-23(30-3)15-10-8-11-18-26(29)28(2)20-19-22-21-27-25-17-13-12-16-24(22)25/h8,10,12-13,16-17,21,23,27H,4-7,9,11,14-15,18-20H2,1-3H3/b10-8+/t23-/m1/s1. The van der Waals surface area contributed by atoms with Gasteiger partial charge in [-0.15, -0.1) is 0 Å². The van der Waals surface area contributed by atoms with Gasteiger partial charge in [-0.25, -0.2) is 0 Å². The van der Waals surface area contributed by atoms with Crippen LogP contribution < -0.4 is 0 Å². The smallest absolute Gasteiger partial charge is 0.222 e. The predicted octanol–water partition coefficient (Wildman–Crippen LogP) is 6.27. The Morgan fingerprint density at radius 3 is 2.77 bits per heavy atom. The van der Waals surface area contributed by atoms with Crippen LogP contribution in [0.25, 0.3) is 10.9 Å². The first kappa shape index (κ1) is 24.2. The molecule has 1 heterocycles. The summed E-state index contributed by atoms with van der Waals surface area (Å²) >= 11 is 0. The van der Waals surface area contributed by atoms with Crippen molar-refractivity contribution in [3.8, 4) is 0 Å². The van der Waals surface area contributed by atoms with Crippen molar-refractivity contribution < 1.29 is 9.53 Å². The van der Waals surface area contributed by atoms with Gasteiger partial charge < -0.3 is 14.6 Å². The quantitative estimate of drug-likeness (QED) is 0.277. The van der Waals surface area contributed by atoms with Gasteiger partial charge in [-0.1, -0.05) is 69.4 Å². The molecule has 1 aromatic heterocycles. The summed E-state index contributed by atoms with van der Waals surface area (Å²) in [6.45, 7) is 2.99. The number of unbranched alkanes of at least 4 members (excludes halogenated alkanes) is 4. The van der Waals surface area contributed by atoms with Crippen LogP contribution in [-0.4, -0.2) is 42.6 Å². The number of hydrogen-bond acceptors (Lipinski definition) is 2. The Kier molecular flexibility index (Phi) is 11.3. The second-order valence-electron chi connectivity index (χ2n) is 8.23. The Morgan fingerprint density at radius 2 is 1.97 bits per heavy atom. The predicted molar refractivity (Wildman–Crippen MR) is 127 cm³/mol. The lowest BCUT2D eigenvalue weighted by molar-refractivity contribution is -0.129. The summed E-state index contributed by atoms with van der Waals surface area (Å²) in [4.78, 5) is 17.6. The number of H-pyrrole nitrogens is 1. The van der Waals surface area contributed by atoms with E-state index in [9.17, 15) is 4.79 Å². The number of hydrogen-bond donors (Lipinski definition) is 1. The number of nitrogens with zero attached hydrogens (tertiary/aromatic N) is 1. The molecule has 1 aromatic carbocycles. The molecule has 0 bridgehead atoms. The van der Waals surface area contributed by atoms with Crippen LogP contribution in [0.2, 0.25) is 0 Å². The Labute approximate surface area is 182 Å². The highest BCUT2D eigenvalue weighted by atomic mass is 16.5. The van der Waals surface area contributed by atoms with Gasteiger partial charge in [-0.05, 0) is 37.3 Å². The second-order valence-corrected chi connectivity index (χ2v) is 8.23. The molecule has 1 N–H and O–H groups in total. The second kappa shape index (κ2) is 14.0. The fraction of sp³-hybridized carbons (Fsp3) is 0.577. The van der Waals surface area contributed by atoms with Crippen LogP contribution in [0.3, 0.4) is 0 Å². The first-order valence-electron chi connectivity index (χ1n) is 11.6. The summed E-state index contributed by atoms with van der Waals surface area (Å²) in [6.07, 6.45) is 17.5. The van der Waals surface area contributed by atoms with E-state index in [0.29, 0.717) is 12.5 Å². The van der Waals surface area contributed by atoms with Gasteiger partial charge in [0.15, 0.2) is 0 Å². The molecule has 0 radical (unpaired) electrons. The number of aromatic amines is 1. The van der Waals surface area contributed by atoms with Crippen LogP contribution in [0.5, 0.6) is 0 Å². The molecule has 0 spiro atoms. The minimum atomic E-state index is 0.207. The molecule has 0 aliphatic carbocycles. The fourth-order valence-electron chi connectivity index (χ4n) is 3.82.